The average molecular weight is 389 g/mol. The lowest BCUT2D eigenvalue weighted by Gasteiger charge is -2.07. The number of amidine groups is 1. The van der Waals surface area contributed by atoms with Crippen LogP contribution in [0, 0.1) is 6.92 Å². The van der Waals surface area contributed by atoms with E-state index in [-0.39, 0.29) is 5.91 Å². The molecule has 1 fully saturated rings. The lowest BCUT2D eigenvalue weighted by molar-refractivity contribution is -0.115. The van der Waals surface area contributed by atoms with Gasteiger partial charge in [-0.15, -0.1) is 0 Å². The number of ether oxygens (including phenoxy) is 2. The highest BCUT2D eigenvalue weighted by atomic mass is 35.5. The fourth-order valence-electron chi connectivity index (χ4n) is 2.40. The van der Waals surface area contributed by atoms with E-state index in [2.05, 4.69) is 10.3 Å². The predicted molar refractivity (Wildman–Crippen MR) is 107 cm³/mol. The normalized spacial score (nSPS) is 16.8. The van der Waals surface area contributed by atoms with Crippen molar-refractivity contribution in [3.8, 4) is 11.5 Å². The summed E-state index contributed by atoms with van der Waals surface area (Å²) in [5.41, 5.74) is 2.43. The zero-order chi connectivity index (χ0) is 18.7. The van der Waals surface area contributed by atoms with Crippen molar-refractivity contribution in [2.75, 3.05) is 14.2 Å². The molecule has 7 heteroatoms. The lowest BCUT2D eigenvalue weighted by atomic mass is 10.2. The van der Waals surface area contributed by atoms with Crippen LogP contribution in [0.3, 0.4) is 0 Å². The Bertz CT molecular complexity index is 925. The molecule has 134 valence electrons. The van der Waals surface area contributed by atoms with Crippen LogP contribution in [0.2, 0.25) is 5.02 Å². The zero-order valence-corrected chi connectivity index (χ0v) is 16.1. The van der Waals surface area contributed by atoms with Crippen molar-refractivity contribution in [1.29, 1.82) is 0 Å². The molecule has 26 heavy (non-hydrogen) atoms. The number of carbonyl (C=O) groups excluding carboxylic acids is 1. The van der Waals surface area contributed by atoms with E-state index in [9.17, 15) is 4.79 Å². The standard InChI is InChI=1S/C19H17ClN2O3S/c1-11-13(20)5-4-6-14(11)21-19-22-18(23)17(26-19)10-12-7-8-15(24-2)16(9-12)25-3/h4-10H,1-3H3,(H,21,22,23)/b17-10+. The third-order valence-corrected chi connectivity index (χ3v) is 5.14. The van der Waals surface area contributed by atoms with Gasteiger partial charge in [0, 0.05) is 5.02 Å². The van der Waals surface area contributed by atoms with Gasteiger partial charge in [-0.25, -0.2) is 4.99 Å². The van der Waals surface area contributed by atoms with Gasteiger partial charge < -0.3 is 14.8 Å². The van der Waals surface area contributed by atoms with Crippen molar-refractivity contribution in [3.05, 3.63) is 57.5 Å². The Morgan fingerprint density at radius 2 is 1.92 bits per heavy atom. The Kier molecular flexibility index (Phi) is 5.54. The SMILES string of the molecule is COc1ccc(/C=C2/SC(=Nc3cccc(Cl)c3C)NC2=O)cc1OC. The molecule has 0 bridgehead atoms. The minimum Gasteiger partial charge on any atom is -0.493 e. The van der Waals surface area contributed by atoms with Crippen molar-refractivity contribution < 1.29 is 14.3 Å². The van der Waals surface area contributed by atoms with E-state index >= 15 is 0 Å². The Balaban J connectivity index is 1.87. The number of rotatable bonds is 4. The number of nitrogens with zero attached hydrogens (tertiary/aromatic N) is 1. The number of hydrogen-bond donors (Lipinski definition) is 1. The lowest BCUT2D eigenvalue weighted by Crippen LogP contribution is -2.19. The first-order valence-electron chi connectivity index (χ1n) is 7.78. The molecule has 1 aliphatic heterocycles. The second-order valence-corrected chi connectivity index (χ2v) is 6.92. The molecular weight excluding hydrogens is 372 g/mol. The smallest absolute Gasteiger partial charge is 0.264 e. The van der Waals surface area contributed by atoms with E-state index in [0.717, 1.165) is 16.8 Å². The van der Waals surface area contributed by atoms with E-state index in [1.165, 1.54) is 11.8 Å². The van der Waals surface area contributed by atoms with Crippen molar-refractivity contribution >= 4 is 46.2 Å². The molecule has 3 rings (SSSR count). The minimum absolute atomic E-state index is 0.191. The van der Waals surface area contributed by atoms with E-state index in [1.807, 2.05) is 37.3 Å². The molecule has 1 N–H and O–H groups in total. The third kappa shape index (κ3) is 3.86. The monoisotopic (exact) mass is 388 g/mol. The maximum Gasteiger partial charge on any atom is 0.264 e. The second-order valence-electron chi connectivity index (χ2n) is 5.48. The number of amides is 1. The first-order valence-corrected chi connectivity index (χ1v) is 8.98. The van der Waals surface area contributed by atoms with Crippen LogP contribution in [0.1, 0.15) is 11.1 Å². The zero-order valence-electron chi connectivity index (χ0n) is 14.5. The summed E-state index contributed by atoms with van der Waals surface area (Å²) in [6.07, 6.45) is 1.79. The van der Waals surface area contributed by atoms with Crippen molar-refractivity contribution in [3.63, 3.8) is 0 Å². The summed E-state index contributed by atoms with van der Waals surface area (Å²) in [4.78, 5) is 17.3. The Morgan fingerprint density at radius 3 is 2.65 bits per heavy atom. The molecule has 0 unspecified atom stereocenters. The molecule has 1 saturated heterocycles. The number of methoxy groups -OCH3 is 2. The second kappa shape index (κ2) is 7.85. The van der Waals surface area contributed by atoms with Crippen LogP contribution in [-0.4, -0.2) is 25.3 Å². The number of benzene rings is 2. The summed E-state index contributed by atoms with van der Waals surface area (Å²) < 4.78 is 10.5. The summed E-state index contributed by atoms with van der Waals surface area (Å²) in [5, 5.41) is 3.94. The summed E-state index contributed by atoms with van der Waals surface area (Å²) >= 11 is 7.40. The number of hydrogen-bond acceptors (Lipinski definition) is 5. The average Bonchev–Trinajstić information content (AvgIpc) is 2.98. The summed E-state index contributed by atoms with van der Waals surface area (Å²) in [6.45, 7) is 1.89. The largest absolute Gasteiger partial charge is 0.493 e. The quantitative estimate of drug-likeness (QED) is 0.780. The molecule has 0 aliphatic carbocycles. The Labute approximate surface area is 161 Å². The van der Waals surface area contributed by atoms with E-state index in [4.69, 9.17) is 21.1 Å². The number of nitrogens with one attached hydrogen (secondary N) is 1. The highest BCUT2D eigenvalue weighted by Crippen LogP contribution is 2.33. The molecule has 0 spiro atoms. The first-order chi connectivity index (χ1) is 12.5. The molecule has 1 aliphatic rings. The summed E-state index contributed by atoms with van der Waals surface area (Å²) in [5.74, 6) is 1.05. The van der Waals surface area contributed by atoms with E-state index < -0.39 is 0 Å². The van der Waals surface area contributed by atoms with Crippen LogP contribution in [0.25, 0.3) is 6.08 Å². The maximum atomic E-state index is 12.2. The van der Waals surface area contributed by atoms with Crippen LogP contribution < -0.4 is 14.8 Å². The molecule has 5 nitrogen and oxygen atoms in total. The van der Waals surface area contributed by atoms with Gasteiger partial charge >= 0.3 is 0 Å². The van der Waals surface area contributed by atoms with Crippen molar-refractivity contribution in [2.24, 2.45) is 4.99 Å². The van der Waals surface area contributed by atoms with E-state index in [1.54, 1.807) is 26.4 Å². The van der Waals surface area contributed by atoms with Crippen LogP contribution in [0.5, 0.6) is 11.5 Å². The number of thioether (sulfide) groups is 1. The Morgan fingerprint density at radius 1 is 1.15 bits per heavy atom. The van der Waals surface area contributed by atoms with Crippen LogP contribution in [0.15, 0.2) is 46.3 Å². The fourth-order valence-corrected chi connectivity index (χ4v) is 3.41. The highest BCUT2D eigenvalue weighted by Gasteiger charge is 2.24. The van der Waals surface area contributed by atoms with Gasteiger partial charge in [0.1, 0.15) is 0 Å². The van der Waals surface area contributed by atoms with Gasteiger partial charge in [0.2, 0.25) is 0 Å². The molecule has 0 saturated carbocycles. The van der Waals surface area contributed by atoms with Crippen LogP contribution >= 0.6 is 23.4 Å². The van der Waals surface area contributed by atoms with Crippen molar-refractivity contribution in [2.45, 2.75) is 6.92 Å². The highest BCUT2D eigenvalue weighted by molar-refractivity contribution is 8.18. The molecule has 1 amide bonds. The summed E-state index contributed by atoms with van der Waals surface area (Å²) in [7, 11) is 3.15. The number of halogens is 1. The maximum absolute atomic E-state index is 12.2. The number of aliphatic imine (C=N–C) groups is 1. The van der Waals surface area contributed by atoms with Gasteiger partial charge in [0.05, 0.1) is 24.8 Å². The van der Waals surface area contributed by atoms with E-state index in [0.29, 0.717) is 26.6 Å². The topological polar surface area (TPSA) is 59.9 Å². The van der Waals surface area contributed by atoms with Gasteiger partial charge in [-0.05, 0) is 60.2 Å². The summed E-state index contributed by atoms with van der Waals surface area (Å²) in [6, 6.07) is 11.0. The van der Waals surface area contributed by atoms with Gasteiger partial charge in [-0.1, -0.05) is 23.7 Å². The minimum atomic E-state index is -0.191. The molecule has 2 aromatic rings. The molecule has 0 atom stereocenters. The molecule has 2 aromatic carbocycles. The Hall–Kier alpha value is -2.44. The van der Waals surface area contributed by atoms with Gasteiger partial charge in [0.15, 0.2) is 16.7 Å². The van der Waals surface area contributed by atoms with Crippen LogP contribution in [0.4, 0.5) is 5.69 Å². The van der Waals surface area contributed by atoms with Crippen LogP contribution in [-0.2, 0) is 4.79 Å². The molecule has 1 heterocycles. The molecule has 0 radical (unpaired) electrons. The molecular formula is C19H17ClN2O3S. The van der Waals surface area contributed by atoms with Gasteiger partial charge in [-0.3, -0.25) is 4.79 Å². The fraction of sp³-hybridized carbons (Fsp3) is 0.158. The van der Waals surface area contributed by atoms with Gasteiger partial charge in [0.25, 0.3) is 5.91 Å². The predicted octanol–water partition coefficient (Wildman–Crippen LogP) is 4.56. The first kappa shape index (κ1) is 18.4. The van der Waals surface area contributed by atoms with Gasteiger partial charge in [-0.2, -0.15) is 0 Å². The van der Waals surface area contributed by atoms with Crippen molar-refractivity contribution in [1.82, 2.24) is 5.32 Å². The third-order valence-electron chi connectivity index (χ3n) is 3.82. The number of carbonyl (C=O) groups is 1. The molecule has 0 aromatic heterocycles.